The molecular weight excluding hydrogens is 398 g/mol. The zero-order valence-corrected chi connectivity index (χ0v) is 19.5. The van der Waals surface area contributed by atoms with Crippen LogP contribution in [0.1, 0.15) is 39.5 Å². The molecule has 7 bridgehead atoms. The lowest BCUT2D eigenvalue weighted by atomic mass is 9.43. The number of nitrogens with zero attached hydrogens (tertiary/aromatic N) is 1. The highest BCUT2D eigenvalue weighted by Gasteiger charge is 2.91. The molecule has 0 aromatic heterocycles. The number of likely N-dealkylation sites (tertiary alicyclic amines) is 1. The van der Waals surface area contributed by atoms with Gasteiger partial charge in [0.05, 0.1) is 30.5 Å². The molecule has 31 heavy (non-hydrogen) atoms. The number of aliphatic hydroxyl groups excluding tert-OH is 1. The van der Waals surface area contributed by atoms with Crippen molar-refractivity contribution >= 4 is 0 Å². The van der Waals surface area contributed by atoms with Crippen LogP contribution in [-0.2, 0) is 14.2 Å². The quantitative estimate of drug-likeness (QED) is 0.595. The maximum absolute atomic E-state index is 12.8. The minimum Gasteiger partial charge on any atom is -0.392 e. The van der Waals surface area contributed by atoms with Crippen LogP contribution < -0.4 is 0 Å². The van der Waals surface area contributed by atoms with Gasteiger partial charge in [-0.2, -0.15) is 0 Å². The third-order valence-electron chi connectivity index (χ3n) is 11.3. The molecule has 1 saturated heterocycles. The summed E-state index contributed by atoms with van der Waals surface area (Å²) in [6, 6.07) is -0.258. The van der Waals surface area contributed by atoms with E-state index in [1.165, 1.54) is 0 Å². The average Bonchev–Trinajstić information content (AvgIpc) is 3.11. The molecule has 5 aliphatic carbocycles. The van der Waals surface area contributed by atoms with Crippen molar-refractivity contribution in [2.75, 3.05) is 34.4 Å². The van der Waals surface area contributed by atoms with Crippen LogP contribution in [0.3, 0.4) is 0 Å². The maximum Gasteiger partial charge on any atom is 0.136 e. The van der Waals surface area contributed by atoms with E-state index in [4.69, 9.17) is 14.2 Å². The van der Waals surface area contributed by atoms with E-state index >= 15 is 0 Å². The van der Waals surface area contributed by atoms with Crippen molar-refractivity contribution in [1.82, 2.24) is 4.90 Å². The highest BCUT2D eigenvalue weighted by molar-refractivity contribution is 5.41. The summed E-state index contributed by atoms with van der Waals surface area (Å²) in [5.41, 5.74) is -3.35. The Morgan fingerprint density at radius 2 is 1.84 bits per heavy atom. The van der Waals surface area contributed by atoms with Gasteiger partial charge in [-0.1, -0.05) is 13.8 Å². The van der Waals surface area contributed by atoms with E-state index in [0.717, 1.165) is 32.4 Å². The van der Waals surface area contributed by atoms with E-state index in [-0.39, 0.29) is 52.8 Å². The van der Waals surface area contributed by atoms with Gasteiger partial charge in [-0.15, -0.1) is 0 Å². The average molecular weight is 438 g/mol. The Bertz CT molecular complexity index is 781. The van der Waals surface area contributed by atoms with E-state index in [1.807, 2.05) is 0 Å². The van der Waals surface area contributed by atoms with Crippen LogP contribution in [0.2, 0.25) is 0 Å². The molecule has 1 spiro atoms. The molecule has 13 atom stereocenters. The second kappa shape index (κ2) is 6.23. The molecule has 6 fully saturated rings. The van der Waals surface area contributed by atoms with Gasteiger partial charge in [0, 0.05) is 57.5 Å². The molecule has 1 heterocycles. The van der Waals surface area contributed by atoms with Crippen molar-refractivity contribution in [1.29, 1.82) is 0 Å². The minimum absolute atomic E-state index is 0.0138. The van der Waals surface area contributed by atoms with Crippen molar-refractivity contribution < 1.29 is 29.5 Å². The summed E-state index contributed by atoms with van der Waals surface area (Å²) in [5, 5.41) is 36.8. The number of rotatable bonds is 4. The summed E-state index contributed by atoms with van der Waals surface area (Å²) in [7, 11) is 5.13. The predicted octanol–water partition coefficient (Wildman–Crippen LogP) is 0.645. The SMILES string of the molecule is CCN1C[C@]2(C)CC[C@H](OC)[C@@]34[C@@H]5C[C@H]6[C@H](O)[C@@H]5[C@](O)(C[C@@H]6OC)[C@](O)([C@@H](OC)[C@H]23)[C@@H]14. The molecule has 3 N–H and O–H groups in total. The standard InChI is InChI=1S/C24H39NO6/c1-6-25-11-21(2)8-7-15(30-4)23-13-9-12-14(29-3)10-22(27,16(13)17(12)26)24(28,20(23)25)19(31-5)18(21)23/h12-20,26-28H,6-11H2,1-5H3/t12-,13-,14+,15+,16-,17+,18-,19+,20+,21+,22-,23+,24+/m1/s1. The lowest BCUT2D eigenvalue weighted by Gasteiger charge is -2.69. The Morgan fingerprint density at radius 1 is 1.10 bits per heavy atom. The zero-order chi connectivity index (χ0) is 22.1. The van der Waals surface area contributed by atoms with Crippen LogP contribution in [0.4, 0.5) is 0 Å². The number of ether oxygens (including phenoxy) is 3. The minimum atomic E-state index is -1.49. The lowest BCUT2D eigenvalue weighted by molar-refractivity contribution is -0.317. The van der Waals surface area contributed by atoms with E-state index in [1.54, 1.807) is 21.3 Å². The summed E-state index contributed by atoms with van der Waals surface area (Å²) in [4.78, 5) is 2.41. The maximum atomic E-state index is 12.8. The fourth-order valence-corrected chi connectivity index (χ4v) is 10.7. The number of hydrogen-bond donors (Lipinski definition) is 3. The Morgan fingerprint density at radius 3 is 2.45 bits per heavy atom. The van der Waals surface area contributed by atoms with Crippen molar-refractivity contribution in [3.63, 3.8) is 0 Å². The predicted molar refractivity (Wildman–Crippen MR) is 112 cm³/mol. The number of aliphatic hydroxyl groups is 3. The molecule has 0 aromatic rings. The van der Waals surface area contributed by atoms with Gasteiger partial charge in [-0.3, -0.25) is 4.90 Å². The number of likely N-dealkylation sites (N-methyl/N-ethyl adjacent to an activating group) is 1. The lowest BCUT2D eigenvalue weighted by Crippen LogP contribution is -2.81. The Kier molecular flexibility index (Phi) is 4.28. The second-order valence-corrected chi connectivity index (χ2v) is 11.8. The molecule has 0 amide bonds. The molecule has 0 aromatic carbocycles. The fraction of sp³-hybridized carbons (Fsp3) is 1.00. The van der Waals surface area contributed by atoms with E-state index in [9.17, 15) is 15.3 Å². The molecule has 0 unspecified atom stereocenters. The van der Waals surface area contributed by atoms with Crippen molar-refractivity contribution in [2.24, 2.45) is 34.5 Å². The van der Waals surface area contributed by atoms with E-state index < -0.39 is 23.4 Å². The molecule has 6 rings (SSSR count). The third-order valence-corrected chi connectivity index (χ3v) is 11.3. The first kappa shape index (κ1) is 21.3. The van der Waals surface area contributed by atoms with Crippen LogP contribution >= 0.6 is 0 Å². The summed E-state index contributed by atoms with van der Waals surface area (Å²) < 4.78 is 18.2. The fourth-order valence-electron chi connectivity index (χ4n) is 10.7. The van der Waals surface area contributed by atoms with Gasteiger partial charge in [-0.25, -0.2) is 0 Å². The highest BCUT2D eigenvalue weighted by Crippen LogP contribution is 2.80. The summed E-state index contributed by atoms with van der Waals surface area (Å²) in [6.07, 6.45) is 1.61. The van der Waals surface area contributed by atoms with Crippen molar-refractivity contribution in [3.8, 4) is 0 Å². The number of methoxy groups -OCH3 is 3. The highest BCUT2D eigenvalue weighted by atomic mass is 16.5. The third kappa shape index (κ3) is 1.93. The van der Waals surface area contributed by atoms with E-state index in [2.05, 4.69) is 18.7 Å². The second-order valence-electron chi connectivity index (χ2n) is 11.8. The first-order valence-electron chi connectivity index (χ1n) is 12.2. The molecular formula is C24H39NO6. The zero-order valence-electron chi connectivity index (χ0n) is 19.5. The van der Waals surface area contributed by atoms with Gasteiger partial charge < -0.3 is 29.5 Å². The smallest absolute Gasteiger partial charge is 0.136 e. The number of fused-ring (bicyclic) bond motifs is 2. The topological polar surface area (TPSA) is 91.6 Å². The van der Waals surface area contributed by atoms with Crippen molar-refractivity contribution in [2.45, 2.75) is 81.2 Å². The van der Waals surface area contributed by atoms with Gasteiger partial charge in [0.2, 0.25) is 0 Å². The first-order chi connectivity index (χ1) is 14.7. The summed E-state index contributed by atoms with van der Waals surface area (Å²) in [6.45, 7) is 6.20. The molecule has 5 saturated carbocycles. The molecule has 7 heteroatoms. The Hall–Kier alpha value is -0.280. The normalized spacial score (nSPS) is 64.1. The van der Waals surface area contributed by atoms with E-state index in [0.29, 0.717) is 6.42 Å². The van der Waals surface area contributed by atoms with Crippen LogP contribution in [0, 0.1) is 34.5 Å². The molecule has 1 aliphatic heterocycles. The summed E-state index contributed by atoms with van der Waals surface area (Å²) >= 11 is 0. The first-order valence-corrected chi connectivity index (χ1v) is 12.2. The van der Waals surface area contributed by atoms with Gasteiger partial charge in [0.15, 0.2) is 0 Å². The number of piperidine rings is 1. The van der Waals surface area contributed by atoms with Gasteiger partial charge >= 0.3 is 0 Å². The molecule has 7 nitrogen and oxygen atoms in total. The Balaban J connectivity index is 1.68. The summed E-state index contributed by atoms with van der Waals surface area (Å²) in [5.74, 6) is -0.259. The van der Waals surface area contributed by atoms with Crippen LogP contribution in [0.15, 0.2) is 0 Å². The number of hydrogen-bond acceptors (Lipinski definition) is 7. The molecule has 176 valence electrons. The monoisotopic (exact) mass is 437 g/mol. The molecule has 6 aliphatic rings. The van der Waals surface area contributed by atoms with Crippen LogP contribution in [-0.4, -0.2) is 96.3 Å². The van der Waals surface area contributed by atoms with Crippen LogP contribution in [0.5, 0.6) is 0 Å². The van der Waals surface area contributed by atoms with Crippen molar-refractivity contribution in [3.05, 3.63) is 0 Å². The molecule has 0 radical (unpaired) electrons. The van der Waals surface area contributed by atoms with Gasteiger partial charge in [0.1, 0.15) is 11.2 Å². The van der Waals surface area contributed by atoms with Gasteiger partial charge in [-0.05, 0) is 37.1 Å². The van der Waals surface area contributed by atoms with Crippen LogP contribution in [0.25, 0.3) is 0 Å². The van der Waals surface area contributed by atoms with Gasteiger partial charge in [0.25, 0.3) is 0 Å². The largest absolute Gasteiger partial charge is 0.392 e. The Labute approximate surface area is 185 Å².